The predicted molar refractivity (Wildman–Crippen MR) is 92.1 cm³/mol. The summed E-state index contributed by atoms with van der Waals surface area (Å²) in [7, 11) is 0. The van der Waals surface area contributed by atoms with Crippen molar-refractivity contribution in [1.82, 2.24) is 0 Å². The predicted octanol–water partition coefficient (Wildman–Crippen LogP) is 4.75. The molecule has 0 atom stereocenters. The second kappa shape index (κ2) is 6.81. The quantitative estimate of drug-likeness (QED) is 0.684. The third-order valence-corrected chi connectivity index (χ3v) is 5.18. The van der Waals surface area contributed by atoms with E-state index in [0.717, 1.165) is 0 Å². The van der Waals surface area contributed by atoms with E-state index in [1.54, 1.807) is 18.2 Å². The maximum absolute atomic E-state index is 13.1. The minimum absolute atomic E-state index is 0.0103. The van der Waals surface area contributed by atoms with Crippen LogP contribution in [-0.4, -0.2) is 24.5 Å². The second-order valence-corrected chi connectivity index (χ2v) is 7.23. The fourth-order valence-electron chi connectivity index (χ4n) is 3.37. The number of alkyl halides is 3. The maximum atomic E-state index is 13.1. The Hall–Kier alpha value is -2.54. The molecule has 0 bridgehead atoms. The lowest BCUT2D eigenvalue weighted by Crippen LogP contribution is -2.25. The van der Waals surface area contributed by atoms with Crippen LogP contribution in [0.1, 0.15) is 27.9 Å². The van der Waals surface area contributed by atoms with E-state index in [1.807, 2.05) is 6.07 Å². The molecule has 1 spiro atoms. The molecule has 0 radical (unpaired) electrons. The van der Waals surface area contributed by atoms with Crippen LogP contribution in [0.2, 0.25) is 0 Å². The summed E-state index contributed by atoms with van der Waals surface area (Å²) in [5, 5.41) is 9.22. The molecule has 0 amide bonds. The molecule has 5 nitrogen and oxygen atoms in total. The molecular weight excluding hydrogens is 395 g/mol. The summed E-state index contributed by atoms with van der Waals surface area (Å²) in [5.74, 6) is -1.71. The van der Waals surface area contributed by atoms with E-state index >= 15 is 0 Å². The van der Waals surface area contributed by atoms with Crippen molar-refractivity contribution in [3.8, 4) is 17.6 Å². The molecular formula is C19H12F3NO4S. The number of ether oxygens (including phenoxy) is 3. The number of hydrogen-bond donors (Lipinski definition) is 0. The number of ketones is 1. The number of thioether (sulfide) groups is 1. The molecule has 144 valence electrons. The van der Waals surface area contributed by atoms with Gasteiger partial charge in [-0.25, -0.2) is 0 Å². The summed E-state index contributed by atoms with van der Waals surface area (Å²) >= 11 is -0.329. The minimum Gasteiger partial charge on any atom is -0.455 e. The average Bonchev–Trinajstić information content (AvgIpc) is 3.22. The van der Waals surface area contributed by atoms with Crippen LogP contribution in [0.3, 0.4) is 0 Å². The molecule has 4 rings (SSSR count). The zero-order chi connectivity index (χ0) is 19.9. The van der Waals surface area contributed by atoms with E-state index in [0.29, 0.717) is 0 Å². The fraction of sp³-hybridized carbons (Fsp3) is 0.263. The summed E-state index contributed by atoms with van der Waals surface area (Å²) in [6.45, 7) is 0.344. The molecule has 28 heavy (non-hydrogen) atoms. The van der Waals surface area contributed by atoms with Crippen LogP contribution in [0.5, 0.6) is 11.5 Å². The molecule has 2 aromatic carbocycles. The van der Waals surface area contributed by atoms with Gasteiger partial charge in [0, 0.05) is 10.5 Å². The third-order valence-electron chi connectivity index (χ3n) is 4.39. The molecule has 0 N–H and O–H groups in total. The lowest BCUT2D eigenvalue weighted by molar-refractivity contribution is -0.159. The highest BCUT2D eigenvalue weighted by Gasteiger charge is 2.52. The number of fused-ring (bicyclic) bond motifs is 2. The molecule has 1 heterocycles. The fourth-order valence-corrected chi connectivity index (χ4v) is 4.12. The van der Waals surface area contributed by atoms with Gasteiger partial charge in [0.25, 0.3) is 0 Å². The van der Waals surface area contributed by atoms with Crippen LogP contribution in [0, 0.1) is 11.3 Å². The van der Waals surface area contributed by atoms with Gasteiger partial charge < -0.3 is 14.2 Å². The standard InChI is InChI=1S/C19H12F3NO4S/c20-19(21,22)28-15-6-5-14(27-13-4-2-1-3-11(13)10-23)16-12(24)9-18(17(15)16)25-7-8-26-18/h1-6H,7-9H2. The molecule has 9 heteroatoms. The van der Waals surface area contributed by atoms with Gasteiger partial charge in [-0.2, -0.15) is 18.4 Å². The first kappa shape index (κ1) is 18.8. The molecule has 0 unspecified atom stereocenters. The van der Waals surface area contributed by atoms with E-state index in [2.05, 4.69) is 0 Å². The van der Waals surface area contributed by atoms with E-state index in [1.165, 1.54) is 18.2 Å². The highest BCUT2D eigenvalue weighted by atomic mass is 32.2. The van der Waals surface area contributed by atoms with Gasteiger partial charge in [0.2, 0.25) is 5.79 Å². The largest absolute Gasteiger partial charge is 0.455 e. The molecule has 2 aromatic rings. The van der Waals surface area contributed by atoms with Crippen LogP contribution < -0.4 is 4.74 Å². The number of carbonyl (C=O) groups excluding carboxylic acids is 1. The van der Waals surface area contributed by atoms with Gasteiger partial charge >= 0.3 is 5.51 Å². The highest BCUT2D eigenvalue weighted by molar-refractivity contribution is 8.00. The normalized spacial score (nSPS) is 17.6. The monoisotopic (exact) mass is 407 g/mol. The SMILES string of the molecule is N#Cc1ccccc1Oc1ccc(SC(F)(F)F)c2c1C(=O)CC21OCCO1. The lowest BCUT2D eigenvalue weighted by atomic mass is 10.1. The number of benzene rings is 2. The smallest absolute Gasteiger partial charge is 0.446 e. The lowest BCUT2D eigenvalue weighted by Gasteiger charge is -2.25. The van der Waals surface area contributed by atoms with Crippen molar-refractivity contribution in [3.05, 3.63) is 53.1 Å². The van der Waals surface area contributed by atoms with Crippen molar-refractivity contribution < 1.29 is 32.2 Å². The number of nitrogens with zero attached hydrogens (tertiary/aromatic N) is 1. The molecule has 0 saturated carbocycles. The van der Waals surface area contributed by atoms with Crippen LogP contribution >= 0.6 is 11.8 Å². The Morgan fingerprint density at radius 1 is 1.11 bits per heavy atom. The third kappa shape index (κ3) is 3.24. The first-order chi connectivity index (χ1) is 13.3. The Kier molecular flexibility index (Phi) is 4.57. The van der Waals surface area contributed by atoms with Crippen molar-refractivity contribution in [2.45, 2.75) is 22.6 Å². The number of nitriles is 1. The van der Waals surface area contributed by atoms with Gasteiger partial charge in [-0.3, -0.25) is 4.79 Å². The second-order valence-electron chi connectivity index (χ2n) is 6.12. The van der Waals surface area contributed by atoms with Crippen molar-refractivity contribution >= 4 is 17.5 Å². The van der Waals surface area contributed by atoms with Crippen molar-refractivity contribution in [3.63, 3.8) is 0 Å². The van der Waals surface area contributed by atoms with Gasteiger partial charge in [-0.1, -0.05) is 12.1 Å². The van der Waals surface area contributed by atoms with Gasteiger partial charge in [0.05, 0.1) is 30.8 Å². The number of rotatable bonds is 3. The van der Waals surface area contributed by atoms with Crippen molar-refractivity contribution in [2.24, 2.45) is 0 Å². The molecule has 2 aliphatic rings. The van der Waals surface area contributed by atoms with E-state index in [4.69, 9.17) is 14.2 Å². The van der Waals surface area contributed by atoms with E-state index in [9.17, 15) is 23.2 Å². The zero-order valence-corrected chi connectivity index (χ0v) is 15.0. The number of carbonyl (C=O) groups is 1. The van der Waals surface area contributed by atoms with Gasteiger partial charge in [-0.05, 0) is 36.0 Å². The number of hydrogen-bond acceptors (Lipinski definition) is 6. The van der Waals surface area contributed by atoms with Crippen LogP contribution in [0.15, 0.2) is 41.3 Å². The molecule has 0 aromatic heterocycles. The maximum Gasteiger partial charge on any atom is 0.446 e. The Labute approximate surface area is 162 Å². The number of para-hydroxylation sites is 1. The number of Topliss-reactive ketones (excluding diaryl/α,β-unsaturated/α-hetero) is 1. The molecule has 1 fully saturated rings. The molecule has 1 aliphatic carbocycles. The Morgan fingerprint density at radius 3 is 2.50 bits per heavy atom. The minimum atomic E-state index is -4.55. The summed E-state index contributed by atoms with van der Waals surface area (Å²) < 4.78 is 56.1. The molecule has 1 aliphatic heterocycles. The van der Waals surface area contributed by atoms with Crippen LogP contribution in [0.4, 0.5) is 13.2 Å². The Balaban J connectivity index is 1.86. The Morgan fingerprint density at radius 2 is 1.82 bits per heavy atom. The summed E-state index contributed by atoms with van der Waals surface area (Å²) in [6.07, 6.45) is -0.228. The van der Waals surface area contributed by atoms with Gasteiger partial charge in [0.15, 0.2) is 5.78 Å². The van der Waals surface area contributed by atoms with Crippen molar-refractivity contribution in [1.29, 1.82) is 5.26 Å². The van der Waals surface area contributed by atoms with Gasteiger partial charge in [0.1, 0.15) is 17.6 Å². The van der Waals surface area contributed by atoms with Crippen LogP contribution in [-0.2, 0) is 15.3 Å². The summed E-state index contributed by atoms with van der Waals surface area (Å²) in [6, 6.07) is 10.9. The summed E-state index contributed by atoms with van der Waals surface area (Å²) in [4.78, 5) is 12.5. The van der Waals surface area contributed by atoms with Crippen LogP contribution in [0.25, 0.3) is 0 Å². The topological polar surface area (TPSA) is 68.5 Å². The first-order valence-electron chi connectivity index (χ1n) is 8.24. The van der Waals surface area contributed by atoms with Gasteiger partial charge in [-0.15, -0.1) is 0 Å². The van der Waals surface area contributed by atoms with Crippen molar-refractivity contribution in [2.75, 3.05) is 13.2 Å². The van der Waals surface area contributed by atoms with E-state index < -0.39 is 17.1 Å². The Bertz CT molecular complexity index is 994. The number of halogens is 3. The first-order valence-corrected chi connectivity index (χ1v) is 9.06. The summed E-state index contributed by atoms with van der Waals surface area (Å²) in [5.41, 5.74) is -4.29. The zero-order valence-electron chi connectivity index (χ0n) is 14.2. The molecule has 1 saturated heterocycles. The average molecular weight is 407 g/mol. The highest BCUT2D eigenvalue weighted by Crippen LogP contribution is 2.53. The van der Waals surface area contributed by atoms with E-state index in [-0.39, 0.29) is 64.5 Å².